The van der Waals surface area contributed by atoms with Crippen LogP contribution in [-0.4, -0.2) is 11.8 Å². The zero-order valence-corrected chi connectivity index (χ0v) is 17.5. The third kappa shape index (κ3) is 4.54. The standard InChI is InChI=1S/C25H26N2O2/c1-15-8-6-10-20(12-15)24(28)26-22-17(3)14-18(4)23(19(22)5)27-25(29)21-11-7-9-16(2)13-21/h6-14H,1-5H3,(H,26,28)(H,27,29). The smallest absolute Gasteiger partial charge is 0.255 e. The van der Waals surface area contributed by atoms with Gasteiger partial charge in [0.25, 0.3) is 11.8 Å². The van der Waals surface area contributed by atoms with Crippen molar-refractivity contribution >= 4 is 23.2 Å². The number of anilines is 2. The maximum atomic E-state index is 12.7. The molecule has 2 N–H and O–H groups in total. The van der Waals surface area contributed by atoms with Gasteiger partial charge in [0.1, 0.15) is 0 Å². The topological polar surface area (TPSA) is 58.2 Å². The van der Waals surface area contributed by atoms with Gasteiger partial charge in [-0.05, 0) is 75.6 Å². The molecule has 0 bridgehead atoms. The SMILES string of the molecule is Cc1cccc(C(=O)Nc2c(C)cc(C)c(NC(=O)c3cccc(C)c3)c2C)c1. The molecule has 0 heterocycles. The van der Waals surface area contributed by atoms with Gasteiger partial charge in [-0.3, -0.25) is 9.59 Å². The fourth-order valence-electron chi connectivity index (χ4n) is 3.51. The number of nitrogens with one attached hydrogen (secondary N) is 2. The average molecular weight is 386 g/mol. The number of hydrogen-bond acceptors (Lipinski definition) is 2. The minimum atomic E-state index is -0.167. The summed E-state index contributed by atoms with van der Waals surface area (Å²) in [5, 5.41) is 6.04. The summed E-state index contributed by atoms with van der Waals surface area (Å²) in [4.78, 5) is 25.5. The molecule has 4 heteroatoms. The van der Waals surface area contributed by atoms with Crippen LogP contribution in [0.15, 0.2) is 54.6 Å². The second kappa shape index (κ2) is 8.31. The number of benzene rings is 3. The van der Waals surface area contributed by atoms with E-state index in [0.717, 1.165) is 39.2 Å². The van der Waals surface area contributed by atoms with Gasteiger partial charge in [-0.25, -0.2) is 0 Å². The van der Waals surface area contributed by atoms with Gasteiger partial charge in [0.2, 0.25) is 0 Å². The minimum Gasteiger partial charge on any atom is -0.321 e. The third-order valence-electron chi connectivity index (χ3n) is 5.01. The Morgan fingerprint density at radius 2 is 1.03 bits per heavy atom. The van der Waals surface area contributed by atoms with Crippen LogP contribution in [0.1, 0.15) is 48.5 Å². The van der Waals surface area contributed by atoms with Gasteiger partial charge in [-0.15, -0.1) is 0 Å². The van der Waals surface area contributed by atoms with Crippen molar-refractivity contribution < 1.29 is 9.59 Å². The molecular weight excluding hydrogens is 360 g/mol. The van der Waals surface area contributed by atoms with E-state index in [1.807, 2.05) is 77.1 Å². The summed E-state index contributed by atoms with van der Waals surface area (Å²) in [5.41, 5.74) is 7.46. The summed E-state index contributed by atoms with van der Waals surface area (Å²) >= 11 is 0. The molecule has 0 aliphatic carbocycles. The molecule has 0 saturated heterocycles. The molecule has 0 saturated carbocycles. The molecule has 0 atom stereocenters. The number of carbonyl (C=O) groups excluding carboxylic acids is 2. The minimum absolute atomic E-state index is 0.167. The number of rotatable bonds is 4. The van der Waals surface area contributed by atoms with E-state index in [1.165, 1.54) is 0 Å². The molecule has 29 heavy (non-hydrogen) atoms. The van der Waals surface area contributed by atoms with Crippen molar-refractivity contribution in [3.63, 3.8) is 0 Å². The fraction of sp³-hybridized carbons (Fsp3) is 0.200. The van der Waals surface area contributed by atoms with E-state index < -0.39 is 0 Å². The van der Waals surface area contributed by atoms with Gasteiger partial charge in [0.05, 0.1) is 0 Å². The van der Waals surface area contributed by atoms with E-state index in [-0.39, 0.29) is 11.8 Å². The fourth-order valence-corrected chi connectivity index (χ4v) is 3.51. The largest absolute Gasteiger partial charge is 0.321 e. The van der Waals surface area contributed by atoms with E-state index in [2.05, 4.69) is 10.6 Å². The monoisotopic (exact) mass is 386 g/mol. The van der Waals surface area contributed by atoms with Gasteiger partial charge >= 0.3 is 0 Å². The first-order chi connectivity index (χ1) is 13.8. The van der Waals surface area contributed by atoms with Crippen LogP contribution in [0.5, 0.6) is 0 Å². The summed E-state index contributed by atoms with van der Waals surface area (Å²) in [6.45, 7) is 9.74. The molecule has 0 unspecified atom stereocenters. The lowest BCUT2D eigenvalue weighted by atomic mass is 10.0. The zero-order valence-electron chi connectivity index (χ0n) is 17.5. The molecule has 0 fully saturated rings. The highest BCUT2D eigenvalue weighted by atomic mass is 16.2. The van der Waals surface area contributed by atoms with Gasteiger partial charge in [0, 0.05) is 22.5 Å². The molecule has 2 amide bonds. The third-order valence-corrected chi connectivity index (χ3v) is 5.01. The lowest BCUT2D eigenvalue weighted by molar-refractivity contribution is 0.101. The first kappa shape index (κ1) is 20.3. The normalized spacial score (nSPS) is 10.5. The average Bonchev–Trinajstić information content (AvgIpc) is 2.68. The van der Waals surface area contributed by atoms with Crippen LogP contribution in [0.4, 0.5) is 11.4 Å². The predicted octanol–water partition coefficient (Wildman–Crippen LogP) is 5.73. The van der Waals surface area contributed by atoms with Crippen molar-refractivity contribution in [2.75, 3.05) is 10.6 Å². The first-order valence-corrected chi connectivity index (χ1v) is 9.63. The summed E-state index contributed by atoms with van der Waals surface area (Å²) in [5.74, 6) is -0.334. The Balaban J connectivity index is 1.92. The molecule has 0 spiro atoms. The number of hydrogen-bond donors (Lipinski definition) is 2. The van der Waals surface area contributed by atoms with E-state index in [9.17, 15) is 9.59 Å². The maximum absolute atomic E-state index is 12.7. The van der Waals surface area contributed by atoms with Crippen LogP contribution >= 0.6 is 0 Å². The van der Waals surface area contributed by atoms with Crippen LogP contribution in [-0.2, 0) is 0 Å². The van der Waals surface area contributed by atoms with E-state index in [4.69, 9.17) is 0 Å². The second-order valence-corrected chi connectivity index (χ2v) is 7.53. The molecule has 148 valence electrons. The van der Waals surface area contributed by atoms with Gasteiger partial charge in [-0.2, -0.15) is 0 Å². The number of amides is 2. The van der Waals surface area contributed by atoms with Gasteiger partial charge in [0.15, 0.2) is 0 Å². The van der Waals surface area contributed by atoms with Crippen LogP contribution in [0.25, 0.3) is 0 Å². The Morgan fingerprint density at radius 1 is 0.621 bits per heavy atom. The quantitative estimate of drug-likeness (QED) is 0.601. The van der Waals surface area contributed by atoms with Crippen LogP contribution < -0.4 is 10.6 Å². The summed E-state index contributed by atoms with van der Waals surface area (Å²) in [7, 11) is 0. The summed E-state index contributed by atoms with van der Waals surface area (Å²) < 4.78 is 0. The highest BCUT2D eigenvalue weighted by Crippen LogP contribution is 2.31. The Morgan fingerprint density at radius 3 is 1.41 bits per heavy atom. The number of carbonyl (C=O) groups is 2. The Hall–Kier alpha value is -3.40. The van der Waals surface area contributed by atoms with Crippen LogP contribution in [0.3, 0.4) is 0 Å². The summed E-state index contributed by atoms with van der Waals surface area (Å²) in [6, 6.07) is 16.9. The zero-order chi connectivity index (χ0) is 21.1. The predicted molar refractivity (Wildman–Crippen MR) is 119 cm³/mol. The van der Waals surface area contributed by atoms with E-state index in [0.29, 0.717) is 11.1 Å². The molecule has 0 aliphatic rings. The first-order valence-electron chi connectivity index (χ1n) is 9.63. The molecule has 0 aliphatic heterocycles. The molecule has 4 nitrogen and oxygen atoms in total. The molecule has 3 aromatic rings. The molecule has 0 aromatic heterocycles. The molecule has 3 aromatic carbocycles. The lowest BCUT2D eigenvalue weighted by Gasteiger charge is -2.19. The Kier molecular flexibility index (Phi) is 5.83. The van der Waals surface area contributed by atoms with Gasteiger partial charge in [-0.1, -0.05) is 41.5 Å². The highest BCUT2D eigenvalue weighted by molar-refractivity contribution is 6.08. The van der Waals surface area contributed by atoms with E-state index in [1.54, 1.807) is 12.1 Å². The summed E-state index contributed by atoms with van der Waals surface area (Å²) in [6.07, 6.45) is 0. The van der Waals surface area contributed by atoms with Crippen molar-refractivity contribution in [3.8, 4) is 0 Å². The highest BCUT2D eigenvalue weighted by Gasteiger charge is 2.17. The Labute approximate surface area is 172 Å². The maximum Gasteiger partial charge on any atom is 0.255 e. The molecule has 0 radical (unpaired) electrons. The van der Waals surface area contributed by atoms with Crippen LogP contribution in [0.2, 0.25) is 0 Å². The van der Waals surface area contributed by atoms with E-state index >= 15 is 0 Å². The molecular formula is C25H26N2O2. The van der Waals surface area contributed by atoms with Crippen LogP contribution in [0, 0.1) is 34.6 Å². The van der Waals surface area contributed by atoms with Crippen molar-refractivity contribution in [1.29, 1.82) is 0 Å². The molecule has 3 rings (SSSR count). The van der Waals surface area contributed by atoms with Crippen molar-refractivity contribution in [3.05, 3.63) is 93.5 Å². The Bertz CT molecular complexity index is 1020. The van der Waals surface area contributed by atoms with Crippen molar-refractivity contribution in [2.24, 2.45) is 0 Å². The second-order valence-electron chi connectivity index (χ2n) is 7.53. The van der Waals surface area contributed by atoms with Crippen molar-refractivity contribution in [2.45, 2.75) is 34.6 Å². The lowest BCUT2D eigenvalue weighted by Crippen LogP contribution is -2.17. The van der Waals surface area contributed by atoms with Gasteiger partial charge < -0.3 is 10.6 Å². The van der Waals surface area contributed by atoms with Crippen molar-refractivity contribution in [1.82, 2.24) is 0 Å². The number of aryl methyl sites for hydroxylation is 4.